The number of sulfonamides is 1. The van der Waals surface area contributed by atoms with Crippen molar-refractivity contribution in [2.75, 3.05) is 25.5 Å². The molecule has 0 unspecified atom stereocenters. The Bertz CT molecular complexity index is 506. The largest absolute Gasteiger partial charge is 0.398 e. The van der Waals surface area contributed by atoms with Crippen LogP contribution >= 0.6 is 0 Å². The molecule has 1 aromatic rings. The number of ether oxygens (including phenoxy) is 1. The lowest BCUT2D eigenvalue weighted by atomic mass is 10.3. The highest BCUT2D eigenvalue weighted by Gasteiger charge is 2.16. The number of anilines is 1. The highest BCUT2D eigenvalue weighted by molar-refractivity contribution is 7.89. The highest BCUT2D eigenvalue weighted by atomic mass is 32.2. The molecule has 0 aliphatic rings. The third kappa shape index (κ3) is 5.14. The highest BCUT2D eigenvalue weighted by Crippen LogP contribution is 2.18. The van der Waals surface area contributed by atoms with E-state index in [1.807, 2.05) is 6.92 Å². The predicted molar refractivity (Wildman–Crippen MR) is 71.7 cm³/mol. The molecule has 5 nitrogen and oxygen atoms in total. The van der Waals surface area contributed by atoms with Gasteiger partial charge in [0, 0.05) is 19.8 Å². The molecule has 0 radical (unpaired) electrons. The van der Waals surface area contributed by atoms with Gasteiger partial charge in [0.25, 0.3) is 0 Å². The summed E-state index contributed by atoms with van der Waals surface area (Å²) in [5.41, 5.74) is 5.39. The van der Waals surface area contributed by atoms with Gasteiger partial charge in [-0.3, -0.25) is 0 Å². The summed E-state index contributed by atoms with van der Waals surface area (Å²) in [6.45, 7) is 3.41. The second kappa shape index (κ2) is 7.42. The van der Waals surface area contributed by atoms with Gasteiger partial charge in [-0.1, -0.05) is 6.92 Å². The normalized spacial score (nSPS) is 11.7. The maximum atomic E-state index is 12.8. The second-order valence-electron chi connectivity index (χ2n) is 4.05. The molecular weight excluding hydrogens is 271 g/mol. The Labute approximate surface area is 113 Å². The standard InChI is InChI=1S/C12H19FN2O3S/c1-2-7-18-8-3-6-15-19(16,17)12-5-4-10(13)9-11(12)14/h4-5,9,15H,2-3,6-8,14H2,1H3. The zero-order chi connectivity index (χ0) is 14.3. The van der Waals surface area contributed by atoms with Gasteiger partial charge >= 0.3 is 0 Å². The molecule has 0 saturated carbocycles. The number of nitrogens with one attached hydrogen (secondary N) is 1. The summed E-state index contributed by atoms with van der Waals surface area (Å²) in [7, 11) is -3.70. The van der Waals surface area contributed by atoms with E-state index >= 15 is 0 Å². The van der Waals surface area contributed by atoms with Crippen molar-refractivity contribution >= 4 is 15.7 Å². The van der Waals surface area contributed by atoms with Gasteiger partial charge in [0.1, 0.15) is 10.7 Å². The van der Waals surface area contributed by atoms with E-state index in [0.29, 0.717) is 19.6 Å². The molecule has 1 aromatic carbocycles. The second-order valence-corrected chi connectivity index (χ2v) is 5.78. The van der Waals surface area contributed by atoms with Crippen molar-refractivity contribution in [1.29, 1.82) is 0 Å². The minimum atomic E-state index is -3.70. The monoisotopic (exact) mass is 290 g/mol. The Morgan fingerprint density at radius 1 is 1.37 bits per heavy atom. The van der Waals surface area contributed by atoms with Gasteiger partial charge in [0.15, 0.2) is 0 Å². The molecule has 0 fully saturated rings. The first-order valence-electron chi connectivity index (χ1n) is 6.10. The van der Waals surface area contributed by atoms with Crippen molar-refractivity contribution in [3.05, 3.63) is 24.0 Å². The van der Waals surface area contributed by atoms with E-state index in [4.69, 9.17) is 10.5 Å². The van der Waals surface area contributed by atoms with Gasteiger partial charge in [-0.2, -0.15) is 0 Å². The molecule has 1 rings (SSSR count). The lowest BCUT2D eigenvalue weighted by Crippen LogP contribution is -2.26. The average Bonchev–Trinajstić information content (AvgIpc) is 2.33. The number of rotatable bonds is 8. The van der Waals surface area contributed by atoms with E-state index < -0.39 is 15.8 Å². The van der Waals surface area contributed by atoms with Gasteiger partial charge in [0.05, 0.1) is 5.69 Å². The summed E-state index contributed by atoms with van der Waals surface area (Å²) < 4.78 is 44.3. The molecule has 0 amide bonds. The van der Waals surface area contributed by atoms with E-state index in [9.17, 15) is 12.8 Å². The van der Waals surface area contributed by atoms with Crippen LogP contribution < -0.4 is 10.5 Å². The zero-order valence-electron chi connectivity index (χ0n) is 10.9. The van der Waals surface area contributed by atoms with E-state index in [2.05, 4.69) is 4.72 Å². The van der Waals surface area contributed by atoms with Gasteiger partial charge < -0.3 is 10.5 Å². The molecule has 0 aliphatic heterocycles. The Morgan fingerprint density at radius 3 is 2.74 bits per heavy atom. The van der Waals surface area contributed by atoms with E-state index in [-0.39, 0.29) is 17.1 Å². The van der Waals surface area contributed by atoms with Crippen molar-refractivity contribution in [2.24, 2.45) is 0 Å². The number of halogens is 1. The van der Waals surface area contributed by atoms with Crippen molar-refractivity contribution in [3.63, 3.8) is 0 Å². The van der Waals surface area contributed by atoms with Crippen LogP contribution in [0.4, 0.5) is 10.1 Å². The quantitative estimate of drug-likeness (QED) is 0.561. The molecule has 3 N–H and O–H groups in total. The maximum Gasteiger partial charge on any atom is 0.242 e. The molecule has 0 heterocycles. The number of nitrogen functional groups attached to an aromatic ring is 1. The first kappa shape index (κ1) is 15.9. The molecule has 0 saturated heterocycles. The smallest absolute Gasteiger partial charge is 0.242 e. The van der Waals surface area contributed by atoms with Crippen molar-refractivity contribution in [1.82, 2.24) is 4.72 Å². The summed E-state index contributed by atoms with van der Waals surface area (Å²) >= 11 is 0. The lowest BCUT2D eigenvalue weighted by molar-refractivity contribution is 0.133. The number of benzene rings is 1. The van der Waals surface area contributed by atoms with Gasteiger partial charge in [-0.05, 0) is 31.0 Å². The Kier molecular flexibility index (Phi) is 6.20. The fraction of sp³-hybridized carbons (Fsp3) is 0.500. The first-order chi connectivity index (χ1) is 8.97. The zero-order valence-corrected chi connectivity index (χ0v) is 11.7. The van der Waals surface area contributed by atoms with E-state index in [1.165, 1.54) is 0 Å². The third-order valence-corrected chi connectivity index (χ3v) is 3.90. The topological polar surface area (TPSA) is 81.4 Å². The predicted octanol–water partition coefficient (Wildman–Crippen LogP) is 1.50. The number of hydrogen-bond acceptors (Lipinski definition) is 4. The number of nitrogens with two attached hydrogens (primary N) is 1. The van der Waals surface area contributed by atoms with Gasteiger partial charge in [-0.25, -0.2) is 17.5 Å². The van der Waals surface area contributed by atoms with E-state index in [0.717, 1.165) is 24.6 Å². The average molecular weight is 290 g/mol. The summed E-state index contributed by atoms with van der Waals surface area (Å²) in [5, 5.41) is 0. The molecule has 0 aromatic heterocycles. The molecule has 19 heavy (non-hydrogen) atoms. The first-order valence-corrected chi connectivity index (χ1v) is 7.58. The van der Waals surface area contributed by atoms with E-state index in [1.54, 1.807) is 0 Å². The van der Waals surface area contributed by atoms with Crippen molar-refractivity contribution < 1.29 is 17.5 Å². The molecule has 0 aliphatic carbocycles. The summed E-state index contributed by atoms with van der Waals surface area (Å²) in [5.74, 6) is -0.565. The summed E-state index contributed by atoms with van der Waals surface area (Å²) in [6.07, 6.45) is 1.50. The van der Waals surface area contributed by atoms with Crippen molar-refractivity contribution in [2.45, 2.75) is 24.7 Å². The van der Waals surface area contributed by atoms with Crippen LogP contribution in [-0.2, 0) is 14.8 Å². The fourth-order valence-corrected chi connectivity index (χ4v) is 2.65. The molecule has 7 heteroatoms. The van der Waals surface area contributed by atoms with Crippen molar-refractivity contribution in [3.8, 4) is 0 Å². The Hall–Kier alpha value is -1.18. The maximum absolute atomic E-state index is 12.8. The Balaban J connectivity index is 2.52. The minimum absolute atomic E-state index is 0.102. The SMILES string of the molecule is CCCOCCCNS(=O)(=O)c1ccc(F)cc1N. The van der Waals surface area contributed by atoms with Crippen LogP contribution in [0.25, 0.3) is 0 Å². The Morgan fingerprint density at radius 2 is 2.11 bits per heavy atom. The van der Waals surface area contributed by atoms with Crippen LogP contribution in [0.5, 0.6) is 0 Å². The lowest BCUT2D eigenvalue weighted by Gasteiger charge is -2.09. The molecule has 0 spiro atoms. The van der Waals surface area contributed by atoms with Crippen LogP contribution in [0.2, 0.25) is 0 Å². The summed E-state index contributed by atoms with van der Waals surface area (Å²) in [4.78, 5) is -0.108. The van der Waals surface area contributed by atoms with Crippen LogP contribution in [0, 0.1) is 5.82 Å². The number of hydrogen-bond donors (Lipinski definition) is 2. The molecule has 0 atom stereocenters. The molecular formula is C12H19FN2O3S. The molecule has 0 bridgehead atoms. The van der Waals surface area contributed by atoms with Crippen LogP contribution in [-0.4, -0.2) is 28.2 Å². The minimum Gasteiger partial charge on any atom is -0.398 e. The third-order valence-electron chi connectivity index (χ3n) is 2.37. The van der Waals surface area contributed by atoms with Gasteiger partial charge in [0.2, 0.25) is 10.0 Å². The van der Waals surface area contributed by atoms with Crippen LogP contribution in [0.15, 0.2) is 23.1 Å². The fourth-order valence-electron chi connectivity index (χ4n) is 1.47. The van der Waals surface area contributed by atoms with Crippen LogP contribution in [0.1, 0.15) is 19.8 Å². The molecule has 108 valence electrons. The van der Waals surface area contributed by atoms with Gasteiger partial charge in [-0.15, -0.1) is 0 Å². The van der Waals surface area contributed by atoms with Crippen LogP contribution in [0.3, 0.4) is 0 Å². The summed E-state index contributed by atoms with van der Waals surface area (Å²) in [6, 6.07) is 3.20.